The minimum atomic E-state index is -5.08. The molecule has 0 saturated carbocycles. The van der Waals surface area contributed by atoms with Crippen LogP contribution in [0.25, 0.3) is 0 Å². The molecule has 24 heteroatoms. The van der Waals surface area contributed by atoms with E-state index in [2.05, 4.69) is 84.0 Å². The summed E-state index contributed by atoms with van der Waals surface area (Å²) >= 11 is 15.7. The summed E-state index contributed by atoms with van der Waals surface area (Å²) in [5, 5.41) is 22.2. The number of alkyl halides is 7. The van der Waals surface area contributed by atoms with Crippen molar-refractivity contribution in [1.29, 1.82) is 0 Å². The number of likely N-dealkylation sites (N-methyl/N-ethyl adjacent to an activating group) is 2. The Kier molecular flexibility index (Phi) is 45.3. The predicted octanol–water partition coefficient (Wildman–Crippen LogP) is 6.80. The first-order valence-corrected chi connectivity index (χ1v) is 29.4. The van der Waals surface area contributed by atoms with Crippen LogP contribution in [0.5, 0.6) is 0 Å². The lowest BCUT2D eigenvalue weighted by Gasteiger charge is -2.36. The van der Waals surface area contributed by atoms with Gasteiger partial charge in [0.05, 0.1) is 80.6 Å². The van der Waals surface area contributed by atoms with Crippen molar-refractivity contribution in [3.8, 4) is 0 Å². The molecule has 4 aromatic rings. The van der Waals surface area contributed by atoms with Crippen LogP contribution in [0.2, 0.25) is 0 Å². The van der Waals surface area contributed by atoms with E-state index in [1.807, 2.05) is 81.4 Å². The standard InChI is InChI=1S/C25H33BrN2O3.C21H36N2O3.C9H7BrO3.C2HF3O2.CH2Cl2.2HI/c1-4-28(5-2,6-3)16-17-31-24(21-10-8-7-9-11-21)19-27-25(30)22-14-12-20(13-15-22)23(29)18-26;1-7-23(8-2,9-3)15-16-25-19(18-13-11-10-12-14-18)17-22-20(24)26-21(4,5)6;10-5-8(11)6-1-3-7(4-2-6)9(12)13;3-2(4,5)1(6)7;2-1-3;;/h7-15,24H,4-6,16-19H2,1-3H3;10-14,19H,7-9,15-17H2,1-6H3;1-4H,5H2,(H,12,13);(H,6,7);1H2;2*1H. The number of aliphatic carboxylic acids is 1. The van der Waals surface area contributed by atoms with Gasteiger partial charge >= 0.3 is 24.2 Å². The van der Waals surface area contributed by atoms with E-state index in [0.717, 1.165) is 72.5 Å². The van der Waals surface area contributed by atoms with Crippen LogP contribution < -0.4 is 58.6 Å². The van der Waals surface area contributed by atoms with E-state index in [-0.39, 0.29) is 99.2 Å². The van der Waals surface area contributed by atoms with E-state index in [9.17, 15) is 37.1 Å². The Bertz CT molecular complexity index is 2400. The molecule has 4 N–H and O–H groups in total. The van der Waals surface area contributed by atoms with Crippen LogP contribution >= 0.6 is 55.1 Å². The highest BCUT2D eigenvalue weighted by atomic mass is 127. The van der Waals surface area contributed by atoms with E-state index in [1.165, 1.54) is 24.3 Å². The van der Waals surface area contributed by atoms with Gasteiger partial charge in [-0.25, -0.2) is 14.4 Å². The fourth-order valence-corrected chi connectivity index (χ4v) is 8.13. The van der Waals surface area contributed by atoms with E-state index < -0.39 is 29.8 Å². The Labute approximate surface area is 543 Å². The zero-order chi connectivity index (χ0) is 61.0. The summed E-state index contributed by atoms with van der Waals surface area (Å²) in [4.78, 5) is 66.8. The highest BCUT2D eigenvalue weighted by Gasteiger charge is 2.38. The quantitative estimate of drug-likeness (QED) is 0.0224. The number of rotatable bonds is 26. The fourth-order valence-electron chi connectivity index (χ4n) is 7.49. The molecular formula is C58H81Br2Cl2F3I2N4O11. The van der Waals surface area contributed by atoms with Crippen molar-refractivity contribution in [2.45, 2.75) is 86.3 Å². The lowest BCUT2D eigenvalue weighted by atomic mass is 10.1. The van der Waals surface area contributed by atoms with E-state index in [0.29, 0.717) is 43.0 Å². The van der Waals surface area contributed by atoms with Crippen LogP contribution in [0, 0.1) is 0 Å². The summed E-state index contributed by atoms with van der Waals surface area (Å²) in [5.74, 6) is -3.99. The summed E-state index contributed by atoms with van der Waals surface area (Å²) in [6, 6.07) is 32.6. The SMILES string of the molecule is CC[N+](CC)(CC)CCOC(CNC(=O)OC(C)(C)C)c1ccccc1.CC[N+](CC)(CC)CCOC(CNC(=O)c1ccc(C(=O)CBr)cc1)c1ccccc1.ClCCl.O=C(O)C(F)(F)F.O=C(O)c1ccc(C(=O)CBr)cc1.[I-].[I-]. The Balaban J connectivity index is -0.00000109. The number of ketones is 2. The molecule has 0 aliphatic rings. The lowest BCUT2D eigenvalue weighted by molar-refractivity contribution is -0.923. The summed E-state index contributed by atoms with van der Waals surface area (Å²) in [7, 11) is 0. The third-order valence-corrected chi connectivity index (χ3v) is 13.8. The molecule has 0 radical (unpaired) electrons. The summed E-state index contributed by atoms with van der Waals surface area (Å²) < 4.78 is 51.6. The van der Waals surface area contributed by atoms with Gasteiger partial charge in [-0.05, 0) is 97.7 Å². The smallest absolute Gasteiger partial charge is 0.490 e. The van der Waals surface area contributed by atoms with Gasteiger partial charge in [0, 0.05) is 23.2 Å². The predicted molar refractivity (Wildman–Crippen MR) is 317 cm³/mol. The average Bonchev–Trinajstić information content (AvgIpc) is 3.45. The highest BCUT2D eigenvalue weighted by molar-refractivity contribution is 9.09. The van der Waals surface area contributed by atoms with Crippen LogP contribution in [0.3, 0.4) is 0 Å². The minimum Gasteiger partial charge on any atom is -1.00 e. The molecule has 2 unspecified atom stereocenters. The zero-order valence-electron chi connectivity index (χ0n) is 48.0. The largest absolute Gasteiger partial charge is 1.00 e. The first-order chi connectivity index (χ1) is 37.7. The molecule has 0 heterocycles. The first kappa shape index (κ1) is 82.7. The van der Waals surface area contributed by atoms with Gasteiger partial charge in [0.1, 0.15) is 30.9 Å². The number of halogens is 9. The molecule has 15 nitrogen and oxygen atoms in total. The second-order valence-electron chi connectivity index (χ2n) is 18.6. The van der Waals surface area contributed by atoms with Crippen molar-refractivity contribution in [2.24, 2.45) is 0 Å². The molecule has 0 spiro atoms. The summed E-state index contributed by atoms with van der Waals surface area (Å²) in [5.41, 5.74) is 3.41. The van der Waals surface area contributed by atoms with Crippen LogP contribution in [0.1, 0.15) is 127 Å². The first-order valence-electron chi connectivity index (χ1n) is 26.1. The average molecular weight is 1550 g/mol. The van der Waals surface area contributed by atoms with Crippen LogP contribution in [-0.2, 0) is 19.0 Å². The number of carbonyl (C=O) groups is 6. The lowest BCUT2D eigenvalue weighted by Crippen LogP contribution is -3.00. The van der Waals surface area contributed by atoms with Gasteiger partial charge in [0.2, 0.25) is 0 Å². The molecule has 0 saturated heterocycles. The van der Waals surface area contributed by atoms with E-state index in [4.69, 9.17) is 52.4 Å². The Morgan fingerprint density at radius 3 is 1.13 bits per heavy atom. The van der Waals surface area contributed by atoms with Gasteiger partial charge in [-0.1, -0.05) is 117 Å². The van der Waals surface area contributed by atoms with Gasteiger partial charge in [-0.15, -0.1) is 23.2 Å². The molecule has 0 bridgehead atoms. The number of carboxylic acids is 2. The molecule has 4 rings (SSSR count). The monoisotopic (exact) mass is 1550 g/mol. The maximum atomic E-state index is 12.6. The number of nitrogens with zero attached hydrogens (tertiary/aromatic N) is 2. The number of alkyl carbamates (subject to hydrolysis) is 1. The molecule has 0 aliphatic carbocycles. The number of nitrogens with one attached hydrogen (secondary N) is 2. The number of carboxylic acid groups (broad SMARTS) is 2. The number of quaternary nitrogens is 2. The van der Waals surface area contributed by atoms with Crippen molar-refractivity contribution in [3.05, 3.63) is 143 Å². The maximum absolute atomic E-state index is 12.6. The number of hydrogen-bond donors (Lipinski definition) is 4. The number of benzene rings is 4. The summed E-state index contributed by atoms with van der Waals surface area (Å²) in [6.45, 7) is 29.4. The molecule has 4 aromatic carbocycles. The molecule has 462 valence electrons. The second-order valence-corrected chi connectivity index (χ2v) is 20.6. The van der Waals surface area contributed by atoms with Crippen molar-refractivity contribution in [1.82, 2.24) is 10.6 Å². The fraction of sp³-hybridized carbons (Fsp3) is 0.483. The van der Waals surface area contributed by atoms with Gasteiger partial charge < -0.3 is 92.0 Å². The number of hydrogen-bond acceptors (Lipinski definition) is 9. The van der Waals surface area contributed by atoms with Crippen molar-refractivity contribution < 1.29 is 123 Å². The molecule has 0 aliphatic heterocycles. The number of carbonyl (C=O) groups excluding carboxylic acids is 4. The maximum Gasteiger partial charge on any atom is 0.490 e. The third-order valence-electron chi connectivity index (χ3n) is 12.8. The number of ether oxygens (including phenoxy) is 3. The molecule has 82 heavy (non-hydrogen) atoms. The zero-order valence-corrected chi connectivity index (χ0v) is 57.0. The third kappa shape index (κ3) is 33.9. The van der Waals surface area contributed by atoms with Crippen molar-refractivity contribution in [3.63, 3.8) is 0 Å². The second kappa shape index (κ2) is 44.9. The molecule has 2 atom stereocenters. The van der Waals surface area contributed by atoms with Crippen LogP contribution in [-0.4, -0.2) is 161 Å². The molecule has 0 fully saturated rings. The van der Waals surface area contributed by atoms with Crippen LogP contribution in [0.15, 0.2) is 109 Å². The normalized spacial score (nSPS) is 11.6. The topological polar surface area (TPSA) is 195 Å². The highest BCUT2D eigenvalue weighted by Crippen LogP contribution is 2.20. The Morgan fingerprint density at radius 2 is 0.854 bits per heavy atom. The Morgan fingerprint density at radius 1 is 0.549 bits per heavy atom. The van der Waals surface area contributed by atoms with Gasteiger partial charge in [-0.3, -0.25) is 14.4 Å². The van der Waals surface area contributed by atoms with Gasteiger partial charge in [-0.2, -0.15) is 13.2 Å². The van der Waals surface area contributed by atoms with Crippen LogP contribution in [0.4, 0.5) is 18.0 Å². The van der Waals surface area contributed by atoms with Crippen molar-refractivity contribution in [2.75, 3.05) is 94.7 Å². The molecule has 0 aromatic heterocycles. The number of amides is 2. The van der Waals surface area contributed by atoms with Crippen molar-refractivity contribution >= 4 is 90.6 Å². The number of Topliss-reactive ketones (excluding diaryl/α,β-unsaturated/α-hetero) is 2. The Hall–Kier alpha value is -3.47. The number of aromatic carboxylic acids is 1. The van der Waals surface area contributed by atoms with E-state index in [1.54, 1.807) is 24.3 Å². The van der Waals surface area contributed by atoms with Gasteiger partial charge in [0.15, 0.2) is 11.6 Å². The van der Waals surface area contributed by atoms with Gasteiger partial charge in [0.25, 0.3) is 5.91 Å². The summed E-state index contributed by atoms with van der Waals surface area (Å²) in [6.07, 6.45) is -5.90. The molecule has 2 amide bonds. The molecular weight excluding hydrogens is 1470 g/mol. The minimum absolute atomic E-state index is 0. The van der Waals surface area contributed by atoms with E-state index >= 15 is 0 Å².